The van der Waals surface area contributed by atoms with Crippen molar-refractivity contribution in [2.45, 2.75) is 437 Å². The van der Waals surface area contributed by atoms with E-state index in [4.69, 9.17) is 90.0 Å². The highest BCUT2D eigenvalue weighted by Gasteiger charge is 2.61. The Bertz CT molecular complexity index is 2460. The van der Waals surface area contributed by atoms with Gasteiger partial charge in [0.1, 0.15) is 12.2 Å². The summed E-state index contributed by atoms with van der Waals surface area (Å²) in [6, 6.07) is 0. The lowest BCUT2D eigenvalue weighted by Gasteiger charge is -2.38. The minimum Gasteiger partial charge on any atom is -0.381 e. The Morgan fingerprint density at radius 2 is 0.736 bits per heavy atom. The lowest BCUT2D eigenvalue weighted by Crippen LogP contribution is -2.47. The molecule has 2 saturated carbocycles. The monoisotopic (exact) mass is 1560 g/mol. The molecule has 15 saturated heterocycles. The molecular weight excluding hydrogens is 1400 g/mol. The van der Waals surface area contributed by atoms with Crippen LogP contribution in [0.2, 0.25) is 0 Å². The van der Waals surface area contributed by atoms with E-state index in [1.165, 1.54) is 51.4 Å². The van der Waals surface area contributed by atoms with Crippen LogP contribution in [0.25, 0.3) is 0 Å². The molecule has 25 unspecified atom stereocenters. The average molecular weight is 1560 g/mol. The Morgan fingerprint density at radius 1 is 0.300 bits per heavy atom. The number of ether oxygens (including phenoxy) is 19. The molecule has 0 bridgehead atoms. The molecule has 642 valence electrons. The number of hydrogen-bond acceptors (Lipinski definition) is 19. The van der Waals surface area contributed by atoms with E-state index >= 15 is 0 Å². The number of hydrogen-bond donors (Lipinski definition) is 0. The molecule has 17 fully saturated rings. The fourth-order valence-electron chi connectivity index (χ4n) is 23.1. The molecule has 0 N–H and O–H groups in total. The highest BCUT2D eigenvalue weighted by atomic mass is 16.8. The van der Waals surface area contributed by atoms with Crippen LogP contribution in [0.5, 0.6) is 0 Å². The van der Waals surface area contributed by atoms with Crippen molar-refractivity contribution in [1.29, 1.82) is 0 Å². The SMILES string of the molecule is CCC1CC(C2(C)OCCO2)C(CC)O1.CCC1CC(CC)C2(C1)OCCCO2.CCC1CC2(OCCCO2)C(CC)O1.CCC1CC2(OCCO2)C(CC)O1.CCC1OC(CC)C2C1COC2(C)C.CCC1OC(CC)C2C1COC21CCCC1.CCC1OC(CC)C2COCC12.CCC1OC(CC)C2OCCC12. The zero-order valence-electron chi connectivity index (χ0n) is 73.2. The van der Waals surface area contributed by atoms with Gasteiger partial charge in [-0.2, -0.15) is 0 Å². The summed E-state index contributed by atoms with van der Waals surface area (Å²) in [5, 5.41) is 0. The third-order valence-corrected chi connectivity index (χ3v) is 29.2. The Labute approximate surface area is 669 Å². The van der Waals surface area contributed by atoms with Crippen LogP contribution < -0.4 is 0 Å². The molecule has 0 aromatic heterocycles. The molecule has 0 radical (unpaired) electrons. The first-order valence-electron chi connectivity index (χ1n) is 46.4. The second-order valence-electron chi connectivity index (χ2n) is 35.9. The zero-order valence-corrected chi connectivity index (χ0v) is 73.2. The standard InChI is InChI=1S/C14H24O2.C12H22O3.2C12H22O2.C11H20O3.C10H18O3.2C10H18O2/c1-3-11-10-9-15-14(7-5-6-8-14)13(10)12(4-2)16-11;1-4-9-8-10(11(5-2)15-9)12(3)13-6-7-14-12;1-5-9-8-7-13-12(3,4)11(8)10(6-2)14-9;1-3-10-8-11(4-2)12(9-10)13-6-5-7-14-12;1-3-9-8-11(10(4-2)14-9)12-6-5-7-13-11;1-3-8-7-10(9(4-2)13-8)11-5-6-12-10;1-3-9-7-5-11-6-8(7)10(4-2)12-9;1-3-8-7-5-6-11-10(7)9(4-2)12-8/h10-13H,3-9H2,1-2H3;9-11H,4-8H2,1-3H3;8-11H,5-7H2,1-4H3;10-11H,3-9H2,1-2H3;9-10H,3-8H2,1-2H3;8-9H,3-7H2,1-2H3;2*7-10H,3-6H2,1-2H3. The van der Waals surface area contributed by atoms with Crippen LogP contribution in [-0.4, -0.2) is 212 Å². The lowest BCUT2D eigenvalue weighted by molar-refractivity contribution is -0.285. The van der Waals surface area contributed by atoms with Crippen LogP contribution in [0.4, 0.5) is 0 Å². The minimum absolute atomic E-state index is 0.0231. The van der Waals surface area contributed by atoms with Gasteiger partial charge in [-0.15, -0.1) is 0 Å². The average Bonchev–Trinajstić information content (AvgIpc) is 1.58. The molecule has 2 aliphatic carbocycles. The van der Waals surface area contributed by atoms with Crippen molar-refractivity contribution < 1.29 is 90.0 Å². The molecule has 25 atom stereocenters. The van der Waals surface area contributed by atoms with E-state index in [1.807, 2.05) is 0 Å². The Hall–Kier alpha value is -0.760. The summed E-state index contributed by atoms with van der Waals surface area (Å²) in [6.07, 6.45) is 37.2. The summed E-state index contributed by atoms with van der Waals surface area (Å²) in [6.45, 7) is 52.6. The Balaban J connectivity index is 0.000000134. The van der Waals surface area contributed by atoms with E-state index in [9.17, 15) is 0 Å². The fourth-order valence-corrected chi connectivity index (χ4v) is 23.1. The summed E-state index contributed by atoms with van der Waals surface area (Å²) in [5.41, 5.74) is 0.241. The molecule has 19 nitrogen and oxygen atoms in total. The summed E-state index contributed by atoms with van der Waals surface area (Å²) < 4.78 is 112. The number of rotatable bonds is 17. The maximum atomic E-state index is 6.25. The quantitative estimate of drug-likeness (QED) is 0.134. The normalized spacial score (nSPS) is 41.6. The van der Waals surface area contributed by atoms with E-state index in [0.717, 1.165) is 220 Å². The molecule has 110 heavy (non-hydrogen) atoms. The molecule has 15 aliphatic heterocycles. The first kappa shape index (κ1) is 91.5. The van der Waals surface area contributed by atoms with Gasteiger partial charge in [0.15, 0.2) is 23.1 Å². The van der Waals surface area contributed by atoms with E-state index in [2.05, 4.69) is 132 Å². The van der Waals surface area contributed by atoms with Crippen LogP contribution >= 0.6 is 0 Å². The van der Waals surface area contributed by atoms with Crippen LogP contribution in [0.15, 0.2) is 0 Å². The first-order chi connectivity index (χ1) is 53.2. The predicted molar refractivity (Wildman–Crippen MR) is 429 cm³/mol. The summed E-state index contributed by atoms with van der Waals surface area (Å²) in [5.74, 6) is 5.18. The second kappa shape index (κ2) is 43.0. The Kier molecular flexibility index (Phi) is 35.7. The summed E-state index contributed by atoms with van der Waals surface area (Å²) >= 11 is 0. The van der Waals surface area contributed by atoms with E-state index in [0.29, 0.717) is 133 Å². The smallest absolute Gasteiger partial charge is 0.197 e. The molecule has 0 amide bonds. The van der Waals surface area contributed by atoms with Crippen LogP contribution in [-0.2, 0) is 90.0 Å². The molecule has 0 aromatic rings. The van der Waals surface area contributed by atoms with E-state index in [-0.39, 0.29) is 29.2 Å². The predicted octanol–water partition coefficient (Wildman–Crippen LogP) is 18.7. The van der Waals surface area contributed by atoms with Crippen molar-refractivity contribution in [2.24, 2.45) is 59.2 Å². The third kappa shape index (κ3) is 20.8. The van der Waals surface area contributed by atoms with Gasteiger partial charge >= 0.3 is 0 Å². The van der Waals surface area contributed by atoms with Gasteiger partial charge in [0.25, 0.3) is 0 Å². The summed E-state index contributed by atoms with van der Waals surface area (Å²) in [4.78, 5) is 0. The highest BCUT2D eigenvalue weighted by molar-refractivity contribution is 5.08. The second-order valence-corrected chi connectivity index (χ2v) is 35.9. The fraction of sp³-hybridized carbons (Fsp3) is 1.00. The largest absolute Gasteiger partial charge is 0.381 e. The number of fused-ring (bicyclic) bond motifs is 5. The third-order valence-electron chi connectivity index (χ3n) is 29.2. The first-order valence-corrected chi connectivity index (χ1v) is 46.4. The van der Waals surface area contributed by atoms with Gasteiger partial charge in [-0.25, -0.2) is 0 Å². The van der Waals surface area contributed by atoms with Crippen LogP contribution in [0.1, 0.15) is 311 Å². The topological polar surface area (TPSA) is 175 Å². The minimum atomic E-state index is -0.409. The molecule has 0 aromatic carbocycles. The van der Waals surface area contributed by atoms with E-state index in [1.54, 1.807) is 0 Å². The molecule has 4 spiro atoms. The maximum Gasteiger partial charge on any atom is 0.197 e. The van der Waals surface area contributed by atoms with Crippen molar-refractivity contribution in [3.8, 4) is 0 Å². The van der Waals surface area contributed by atoms with Gasteiger partial charge in [-0.05, 0) is 168 Å². The highest BCUT2D eigenvalue weighted by Crippen LogP contribution is 2.56. The van der Waals surface area contributed by atoms with Gasteiger partial charge < -0.3 is 90.0 Å². The van der Waals surface area contributed by atoms with Crippen LogP contribution in [0.3, 0.4) is 0 Å². The summed E-state index contributed by atoms with van der Waals surface area (Å²) in [7, 11) is 0. The van der Waals surface area contributed by atoms with Crippen LogP contribution in [0, 0.1) is 59.2 Å². The van der Waals surface area contributed by atoms with Gasteiger partial charge in [0.05, 0.1) is 170 Å². The van der Waals surface area contributed by atoms with Gasteiger partial charge in [0, 0.05) is 79.1 Å². The van der Waals surface area contributed by atoms with Crippen molar-refractivity contribution in [1.82, 2.24) is 0 Å². The van der Waals surface area contributed by atoms with Gasteiger partial charge in [-0.1, -0.05) is 130 Å². The van der Waals surface area contributed by atoms with Crippen molar-refractivity contribution >= 4 is 0 Å². The lowest BCUT2D eigenvalue weighted by atomic mass is 9.75. The van der Waals surface area contributed by atoms with Crippen molar-refractivity contribution in [3.63, 3.8) is 0 Å². The van der Waals surface area contributed by atoms with Gasteiger partial charge in [-0.3, -0.25) is 0 Å². The zero-order chi connectivity index (χ0) is 78.9. The van der Waals surface area contributed by atoms with Gasteiger partial charge in [0.2, 0.25) is 0 Å². The molecular formula is C91H164O19. The molecule has 17 rings (SSSR count). The Morgan fingerprint density at radius 3 is 1.22 bits per heavy atom. The maximum absolute atomic E-state index is 6.25. The van der Waals surface area contributed by atoms with Crippen molar-refractivity contribution in [2.75, 3.05) is 85.9 Å². The van der Waals surface area contributed by atoms with E-state index < -0.39 is 17.4 Å². The van der Waals surface area contributed by atoms with Crippen molar-refractivity contribution in [3.05, 3.63) is 0 Å². The molecule has 17 aliphatic rings. The molecule has 15 heterocycles. The molecule has 19 heteroatoms.